The highest BCUT2D eigenvalue weighted by atomic mass is 16.5. The SMILES string of the molecule is CCNC(=NCCCCOc1ccc(C)cc1)NCCN1C(=O)C2C3C=CC(C3)C2C1=O. The van der Waals surface area contributed by atoms with E-state index in [2.05, 4.69) is 34.7 Å². The van der Waals surface area contributed by atoms with Gasteiger partial charge < -0.3 is 15.4 Å². The van der Waals surface area contributed by atoms with Gasteiger partial charge >= 0.3 is 0 Å². The van der Waals surface area contributed by atoms with Crippen LogP contribution in [0.25, 0.3) is 0 Å². The maximum Gasteiger partial charge on any atom is 0.233 e. The van der Waals surface area contributed by atoms with Crippen LogP contribution in [0.3, 0.4) is 0 Å². The average molecular weight is 439 g/mol. The second-order valence-corrected chi connectivity index (χ2v) is 8.88. The lowest BCUT2D eigenvalue weighted by atomic mass is 9.85. The van der Waals surface area contributed by atoms with Crippen LogP contribution in [0.4, 0.5) is 0 Å². The number of benzene rings is 1. The molecular formula is C25H34N4O3. The van der Waals surface area contributed by atoms with Crippen molar-refractivity contribution in [2.24, 2.45) is 28.7 Å². The van der Waals surface area contributed by atoms with Gasteiger partial charge in [0.25, 0.3) is 0 Å². The van der Waals surface area contributed by atoms with Crippen LogP contribution in [-0.4, -0.2) is 55.5 Å². The van der Waals surface area contributed by atoms with Crippen LogP contribution in [0.2, 0.25) is 0 Å². The fourth-order valence-corrected chi connectivity index (χ4v) is 5.04. The van der Waals surface area contributed by atoms with Crippen molar-refractivity contribution >= 4 is 17.8 Å². The molecule has 7 heteroatoms. The minimum atomic E-state index is -0.124. The number of likely N-dealkylation sites (tertiary alicyclic amines) is 1. The smallest absolute Gasteiger partial charge is 0.233 e. The summed E-state index contributed by atoms with van der Waals surface area (Å²) in [5, 5.41) is 6.49. The van der Waals surface area contributed by atoms with Gasteiger partial charge in [0, 0.05) is 26.2 Å². The predicted octanol–water partition coefficient (Wildman–Crippen LogP) is 2.52. The standard InChI is InChI=1S/C25H34N4O3/c1-3-26-25(27-12-4-5-15-32-20-10-6-17(2)7-11-20)28-13-14-29-23(30)21-18-8-9-19(16-18)22(21)24(29)31/h6-11,18-19,21-22H,3-5,12-16H2,1-2H3,(H2,26,27,28). The molecule has 0 radical (unpaired) electrons. The van der Waals surface area contributed by atoms with E-state index < -0.39 is 0 Å². The van der Waals surface area contributed by atoms with E-state index in [0.717, 1.165) is 31.6 Å². The zero-order valence-electron chi connectivity index (χ0n) is 19.0. The second kappa shape index (κ2) is 10.2. The molecule has 2 amide bonds. The number of rotatable bonds is 10. The van der Waals surface area contributed by atoms with Gasteiger partial charge in [-0.1, -0.05) is 29.8 Å². The molecule has 172 valence electrons. The van der Waals surface area contributed by atoms with Crippen LogP contribution in [0, 0.1) is 30.6 Å². The fourth-order valence-electron chi connectivity index (χ4n) is 5.04. The number of carbonyl (C=O) groups is 2. The summed E-state index contributed by atoms with van der Waals surface area (Å²) in [5.41, 5.74) is 1.22. The largest absolute Gasteiger partial charge is 0.494 e. The monoisotopic (exact) mass is 438 g/mol. The highest BCUT2D eigenvalue weighted by molar-refractivity contribution is 6.06. The van der Waals surface area contributed by atoms with Gasteiger partial charge in [0.1, 0.15) is 5.75 Å². The molecule has 3 aliphatic rings. The number of amides is 2. The number of carbonyl (C=O) groups excluding carboxylic acids is 2. The first kappa shape index (κ1) is 22.4. The normalized spacial score (nSPS) is 26.1. The van der Waals surface area contributed by atoms with E-state index in [0.29, 0.717) is 32.2 Å². The molecule has 1 saturated carbocycles. The summed E-state index contributed by atoms with van der Waals surface area (Å²) in [6, 6.07) is 8.08. The van der Waals surface area contributed by atoms with Crippen LogP contribution >= 0.6 is 0 Å². The number of guanidine groups is 1. The van der Waals surface area contributed by atoms with E-state index in [4.69, 9.17) is 4.74 Å². The molecule has 4 unspecified atom stereocenters. The number of hydrogen-bond donors (Lipinski definition) is 2. The maximum absolute atomic E-state index is 12.8. The number of hydrogen-bond acceptors (Lipinski definition) is 4. The summed E-state index contributed by atoms with van der Waals surface area (Å²) in [4.78, 5) is 31.6. The van der Waals surface area contributed by atoms with Crippen molar-refractivity contribution in [1.82, 2.24) is 15.5 Å². The third kappa shape index (κ3) is 4.81. The van der Waals surface area contributed by atoms with Crippen molar-refractivity contribution in [2.75, 3.05) is 32.8 Å². The van der Waals surface area contributed by atoms with Crippen molar-refractivity contribution in [3.63, 3.8) is 0 Å². The Labute approximate surface area is 190 Å². The van der Waals surface area contributed by atoms with Crippen LogP contribution < -0.4 is 15.4 Å². The summed E-state index contributed by atoms with van der Waals surface area (Å²) in [6.45, 7) is 7.08. The van der Waals surface area contributed by atoms with Gasteiger partial charge in [0.05, 0.1) is 18.4 Å². The zero-order chi connectivity index (χ0) is 22.5. The molecule has 0 aromatic heterocycles. The number of allylic oxidation sites excluding steroid dienone is 2. The van der Waals surface area contributed by atoms with Crippen LogP contribution in [0.1, 0.15) is 31.7 Å². The van der Waals surface area contributed by atoms with Gasteiger partial charge in [-0.3, -0.25) is 19.5 Å². The molecule has 2 fully saturated rings. The van der Waals surface area contributed by atoms with Crippen molar-refractivity contribution in [3.8, 4) is 5.75 Å². The average Bonchev–Trinajstić information content (AvgIpc) is 3.47. The van der Waals surface area contributed by atoms with Crippen molar-refractivity contribution in [1.29, 1.82) is 0 Å². The second-order valence-electron chi connectivity index (χ2n) is 8.88. The molecule has 1 aliphatic heterocycles. The number of aryl methyl sites for hydroxylation is 1. The predicted molar refractivity (Wildman–Crippen MR) is 124 cm³/mol. The minimum absolute atomic E-state index is 0.00849. The van der Waals surface area contributed by atoms with Crippen LogP contribution in [0.5, 0.6) is 5.75 Å². The first-order chi connectivity index (χ1) is 15.6. The highest BCUT2D eigenvalue weighted by Crippen LogP contribution is 2.52. The topological polar surface area (TPSA) is 83.0 Å². The number of imide groups is 1. The summed E-state index contributed by atoms with van der Waals surface area (Å²) < 4.78 is 5.75. The van der Waals surface area contributed by atoms with Crippen molar-refractivity contribution in [3.05, 3.63) is 42.0 Å². The zero-order valence-corrected chi connectivity index (χ0v) is 19.0. The Morgan fingerprint density at radius 3 is 2.41 bits per heavy atom. The molecule has 2 N–H and O–H groups in total. The minimum Gasteiger partial charge on any atom is -0.494 e. The fraction of sp³-hybridized carbons (Fsp3) is 0.560. The molecule has 1 aromatic rings. The summed E-state index contributed by atoms with van der Waals surface area (Å²) in [6.07, 6.45) is 7.06. The molecule has 2 aliphatic carbocycles. The molecule has 4 atom stereocenters. The van der Waals surface area contributed by atoms with Crippen LogP contribution in [0.15, 0.2) is 41.4 Å². The summed E-state index contributed by atoms with van der Waals surface area (Å²) >= 11 is 0. The lowest BCUT2D eigenvalue weighted by molar-refractivity contribution is -0.140. The van der Waals surface area contributed by atoms with E-state index in [-0.39, 0.29) is 35.5 Å². The third-order valence-corrected chi connectivity index (χ3v) is 6.65. The Balaban J connectivity index is 1.17. The third-order valence-electron chi connectivity index (χ3n) is 6.65. The Morgan fingerprint density at radius 1 is 1.06 bits per heavy atom. The molecule has 0 spiro atoms. The van der Waals surface area contributed by atoms with E-state index >= 15 is 0 Å². The summed E-state index contributed by atoms with van der Waals surface area (Å²) in [7, 11) is 0. The molecular weight excluding hydrogens is 404 g/mol. The van der Waals surface area contributed by atoms with Gasteiger partial charge in [-0.25, -0.2) is 0 Å². The van der Waals surface area contributed by atoms with E-state index in [1.165, 1.54) is 10.5 Å². The molecule has 1 heterocycles. The first-order valence-electron chi connectivity index (χ1n) is 11.8. The Kier molecular flexibility index (Phi) is 7.12. The Hall–Kier alpha value is -2.83. The quantitative estimate of drug-likeness (QED) is 0.193. The van der Waals surface area contributed by atoms with E-state index in [1.54, 1.807) is 0 Å². The molecule has 4 rings (SSSR count). The van der Waals surface area contributed by atoms with Gasteiger partial charge in [-0.05, 0) is 57.1 Å². The Morgan fingerprint density at radius 2 is 1.75 bits per heavy atom. The van der Waals surface area contributed by atoms with Gasteiger partial charge in [-0.15, -0.1) is 0 Å². The summed E-state index contributed by atoms with van der Waals surface area (Å²) in [5.74, 6) is 1.90. The number of fused-ring (bicyclic) bond motifs is 5. The molecule has 1 saturated heterocycles. The lowest BCUT2D eigenvalue weighted by Gasteiger charge is -2.18. The number of nitrogens with zero attached hydrogens (tertiary/aromatic N) is 2. The molecule has 1 aromatic carbocycles. The van der Waals surface area contributed by atoms with Crippen molar-refractivity contribution < 1.29 is 14.3 Å². The number of ether oxygens (including phenoxy) is 1. The number of unbranched alkanes of at least 4 members (excludes halogenated alkanes) is 1. The lowest BCUT2D eigenvalue weighted by Crippen LogP contribution is -2.43. The van der Waals surface area contributed by atoms with Gasteiger partial charge in [0.2, 0.25) is 11.8 Å². The highest BCUT2D eigenvalue weighted by Gasteiger charge is 2.58. The molecule has 32 heavy (non-hydrogen) atoms. The van der Waals surface area contributed by atoms with Gasteiger partial charge in [0.15, 0.2) is 5.96 Å². The molecule has 2 bridgehead atoms. The van der Waals surface area contributed by atoms with E-state index in [9.17, 15) is 9.59 Å². The first-order valence-corrected chi connectivity index (χ1v) is 11.8. The molecule has 7 nitrogen and oxygen atoms in total. The van der Waals surface area contributed by atoms with Crippen LogP contribution in [-0.2, 0) is 9.59 Å². The van der Waals surface area contributed by atoms with Crippen molar-refractivity contribution in [2.45, 2.75) is 33.1 Å². The van der Waals surface area contributed by atoms with Gasteiger partial charge in [-0.2, -0.15) is 0 Å². The van der Waals surface area contributed by atoms with E-state index in [1.807, 2.05) is 31.2 Å². The number of aliphatic imine (C=N–C) groups is 1. The number of nitrogens with one attached hydrogen (secondary N) is 2. The maximum atomic E-state index is 12.8. The Bertz CT molecular complexity index is 850.